The van der Waals surface area contributed by atoms with Gasteiger partial charge in [0, 0.05) is 13.7 Å². The number of nitrogens with one attached hydrogen (secondary N) is 2. The molecule has 100 valence electrons. The normalized spacial score (nSPS) is 22.8. The summed E-state index contributed by atoms with van der Waals surface area (Å²) in [7, 11) is 1.76. The molecule has 0 aromatic carbocycles. The highest BCUT2D eigenvalue weighted by Gasteiger charge is 2.25. The van der Waals surface area contributed by atoms with Crippen molar-refractivity contribution in [2.45, 2.75) is 32.4 Å². The molecule has 2 rings (SSSR count). The molecule has 18 heavy (non-hydrogen) atoms. The summed E-state index contributed by atoms with van der Waals surface area (Å²) in [6, 6.07) is 0.553. The van der Waals surface area contributed by atoms with Gasteiger partial charge in [-0.2, -0.15) is 15.0 Å². The Labute approximate surface area is 106 Å². The lowest BCUT2D eigenvalue weighted by atomic mass is 10.2. The summed E-state index contributed by atoms with van der Waals surface area (Å²) in [6.45, 7) is 5.22. The Kier molecular flexibility index (Phi) is 4.14. The fourth-order valence-electron chi connectivity index (χ4n) is 1.81. The number of hydrogen-bond donors (Lipinski definition) is 2. The van der Waals surface area contributed by atoms with Crippen molar-refractivity contribution in [3.8, 4) is 6.01 Å². The second-order valence-corrected chi connectivity index (χ2v) is 4.06. The summed E-state index contributed by atoms with van der Waals surface area (Å²) < 4.78 is 10.8. The molecule has 1 aromatic heterocycles. The van der Waals surface area contributed by atoms with E-state index < -0.39 is 0 Å². The molecule has 0 radical (unpaired) electrons. The number of rotatable bonds is 5. The third kappa shape index (κ3) is 2.98. The van der Waals surface area contributed by atoms with Crippen LogP contribution in [0.1, 0.15) is 20.3 Å². The van der Waals surface area contributed by atoms with E-state index in [0.29, 0.717) is 24.5 Å². The predicted molar refractivity (Wildman–Crippen MR) is 68.0 cm³/mol. The van der Waals surface area contributed by atoms with Crippen molar-refractivity contribution in [1.82, 2.24) is 15.0 Å². The van der Waals surface area contributed by atoms with Crippen LogP contribution < -0.4 is 15.4 Å². The number of nitrogens with zero attached hydrogens (tertiary/aromatic N) is 3. The lowest BCUT2D eigenvalue weighted by Crippen LogP contribution is -2.28. The second-order valence-electron chi connectivity index (χ2n) is 4.06. The van der Waals surface area contributed by atoms with Gasteiger partial charge in [-0.1, -0.05) is 0 Å². The summed E-state index contributed by atoms with van der Waals surface area (Å²) in [5.41, 5.74) is 0. The molecule has 0 amide bonds. The molecule has 2 unspecified atom stereocenters. The SMILES string of the molecule is CCOc1nc(NC)nc(NC2CCOC2C)n1. The van der Waals surface area contributed by atoms with Crippen LogP contribution in [0.25, 0.3) is 0 Å². The van der Waals surface area contributed by atoms with E-state index in [-0.39, 0.29) is 12.1 Å². The molecule has 7 nitrogen and oxygen atoms in total. The van der Waals surface area contributed by atoms with E-state index in [1.54, 1.807) is 7.05 Å². The van der Waals surface area contributed by atoms with Gasteiger partial charge in [0.2, 0.25) is 11.9 Å². The quantitative estimate of drug-likeness (QED) is 0.806. The van der Waals surface area contributed by atoms with E-state index in [0.717, 1.165) is 13.0 Å². The molecule has 1 aromatic rings. The molecule has 1 aliphatic rings. The third-order valence-corrected chi connectivity index (χ3v) is 2.80. The standard InChI is InChI=1S/C11H19N5O2/c1-4-17-11-15-9(12-3)14-10(16-11)13-8-5-6-18-7(8)2/h7-8H,4-6H2,1-3H3,(H2,12,13,14,15,16). The highest BCUT2D eigenvalue weighted by molar-refractivity contribution is 5.36. The first kappa shape index (κ1) is 12.8. The van der Waals surface area contributed by atoms with Crippen LogP contribution in [0.2, 0.25) is 0 Å². The predicted octanol–water partition coefficient (Wildman–Crippen LogP) is 0.901. The zero-order valence-corrected chi connectivity index (χ0v) is 10.9. The minimum Gasteiger partial charge on any atom is -0.464 e. The van der Waals surface area contributed by atoms with Gasteiger partial charge >= 0.3 is 6.01 Å². The van der Waals surface area contributed by atoms with E-state index in [4.69, 9.17) is 9.47 Å². The van der Waals surface area contributed by atoms with Crippen molar-refractivity contribution in [1.29, 1.82) is 0 Å². The summed E-state index contributed by atoms with van der Waals surface area (Å²) in [5, 5.41) is 6.15. The van der Waals surface area contributed by atoms with Gasteiger partial charge in [0.05, 0.1) is 18.8 Å². The van der Waals surface area contributed by atoms with Crippen molar-refractivity contribution >= 4 is 11.9 Å². The molecular formula is C11H19N5O2. The molecule has 1 aliphatic heterocycles. The summed E-state index contributed by atoms with van der Waals surface area (Å²) in [5.74, 6) is 1.00. The summed E-state index contributed by atoms with van der Waals surface area (Å²) in [4.78, 5) is 12.6. The Morgan fingerprint density at radius 3 is 2.72 bits per heavy atom. The van der Waals surface area contributed by atoms with Gasteiger partial charge in [0.15, 0.2) is 0 Å². The Bertz CT molecular complexity index is 401. The average Bonchev–Trinajstić information content (AvgIpc) is 2.75. The fraction of sp³-hybridized carbons (Fsp3) is 0.727. The Balaban J connectivity index is 2.12. The Morgan fingerprint density at radius 1 is 1.33 bits per heavy atom. The van der Waals surface area contributed by atoms with Crippen LogP contribution in [0, 0.1) is 0 Å². The number of hydrogen-bond acceptors (Lipinski definition) is 7. The molecule has 2 atom stereocenters. The Morgan fingerprint density at radius 2 is 2.11 bits per heavy atom. The first-order valence-corrected chi connectivity index (χ1v) is 6.17. The maximum atomic E-state index is 5.49. The third-order valence-electron chi connectivity index (χ3n) is 2.80. The van der Waals surface area contributed by atoms with E-state index in [2.05, 4.69) is 25.6 Å². The Hall–Kier alpha value is -1.63. The highest BCUT2D eigenvalue weighted by atomic mass is 16.5. The van der Waals surface area contributed by atoms with Crippen LogP contribution in [0.4, 0.5) is 11.9 Å². The minimum absolute atomic E-state index is 0.162. The van der Waals surface area contributed by atoms with E-state index in [9.17, 15) is 0 Å². The van der Waals surface area contributed by atoms with Gasteiger partial charge in [0.1, 0.15) is 0 Å². The number of aromatic nitrogens is 3. The van der Waals surface area contributed by atoms with Gasteiger partial charge in [-0.25, -0.2) is 0 Å². The van der Waals surface area contributed by atoms with Crippen LogP contribution in [0.15, 0.2) is 0 Å². The van der Waals surface area contributed by atoms with Crippen molar-refractivity contribution < 1.29 is 9.47 Å². The first-order chi connectivity index (χ1) is 8.72. The zero-order valence-electron chi connectivity index (χ0n) is 10.9. The van der Waals surface area contributed by atoms with Crippen LogP contribution in [0.5, 0.6) is 6.01 Å². The van der Waals surface area contributed by atoms with Crippen LogP contribution in [-0.4, -0.2) is 47.4 Å². The van der Waals surface area contributed by atoms with Crippen LogP contribution in [-0.2, 0) is 4.74 Å². The lowest BCUT2D eigenvalue weighted by molar-refractivity contribution is 0.121. The van der Waals surface area contributed by atoms with Gasteiger partial charge in [0.25, 0.3) is 0 Å². The molecule has 1 saturated heterocycles. The van der Waals surface area contributed by atoms with Crippen LogP contribution in [0.3, 0.4) is 0 Å². The highest BCUT2D eigenvalue weighted by Crippen LogP contribution is 2.18. The first-order valence-electron chi connectivity index (χ1n) is 6.17. The molecule has 2 heterocycles. The maximum Gasteiger partial charge on any atom is 0.323 e. The molecule has 0 aliphatic carbocycles. The van der Waals surface area contributed by atoms with E-state index in [1.807, 2.05) is 13.8 Å². The minimum atomic E-state index is 0.162. The monoisotopic (exact) mass is 253 g/mol. The van der Waals surface area contributed by atoms with E-state index in [1.165, 1.54) is 0 Å². The lowest BCUT2D eigenvalue weighted by Gasteiger charge is -2.16. The van der Waals surface area contributed by atoms with Gasteiger partial charge in [-0.15, -0.1) is 0 Å². The molecule has 0 saturated carbocycles. The molecule has 7 heteroatoms. The largest absolute Gasteiger partial charge is 0.464 e. The molecule has 0 spiro atoms. The van der Waals surface area contributed by atoms with E-state index >= 15 is 0 Å². The van der Waals surface area contributed by atoms with Crippen molar-refractivity contribution in [2.75, 3.05) is 30.9 Å². The number of anilines is 2. The van der Waals surface area contributed by atoms with Crippen LogP contribution >= 0.6 is 0 Å². The molecule has 0 bridgehead atoms. The zero-order chi connectivity index (χ0) is 13.0. The van der Waals surface area contributed by atoms with Gasteiger partial charge in [-0.3, -0.25) is 0 Å². The molecular weight excluding hydrogens is 234 g/mol. The smallest absolute Gasteiger partial charge is 0.323 e. The topological polar surface area (TPSA) is 81.2 Å². The van der Waals surface area contributed by atoms with Gasteiger partial charge < -0.3 is 20.1 Å². The van der Waals surface area contributed by atoms with Crippen molar-refractivity contribution in [3.05, 3.63) is 0 Å². The summed E-state index contributed by atoms with van der Waals surface area (Å²) >= 11 is 0. The average molecular weight is 253 g/mol. The van der Waals surface area contributed by atoms with Crippen molar-refractivity contribution in [3.63, 3.8) is 0 Å². The molecule has 1 fully saturated rings. The second kappa shape index (κ2) is 5.81. The maximum absolute atomic E-state index is 5.49. The van der Waals surface area contributed by atoms with Crippen molar-refractivity contribution in [2.24, 2.45) is 0 Å². The number of ether oxygens (including phenoxy) is 2. The van der Waals surface area contributed by atoms with Gasteiger partial charge in [-0.05, 0) is 20.3 Å². The molecule has 2 N–H and O–H groups in total. The summed E-state index contributed by atoms with van der Waals surface area (Å²) in [6.07, 6.45) is 1.11. The fourth-order valence-corrected chi connectivity index (χ4v) is 1.81.